The molecule has 2 heterocycles. The van der Waals surface area contributed by atoms with Crippen LogP contribution in [0, 0.1) is 0 Å². The van der Waals surface area contributed by atoms with Crippen LogP contribution >= 0.6 is 0 Å². The topological polar surface area (TPSA) is 91.3 Å². The van der Waals surface area contributed by atoms with Crippen molar-refractivity contribution in [2.24, 2.45) is 0 Å². The van der Waals surface area contributed by atoms with Crippen LogP contribution in [0.3, 0.4) is 0 Å². The summed E-state index contributed by atoms with van der Waals surface area (Å²) in [5.74, 6) is -0.146. The lowest BCUT2D eigenvalue weighted by atomic mass is 9.48. The van der Waals surface area contributed by atoms with Gasteiger partial charge >= 0.3 is 5.97 Å². The summed E-state index contributed by atoms with van der Waals surface area (Å²) in [6.07, 6.45) is 3.34. The van der Waals surface area contributed by atoms with Crippen LogP contribution in [0.15, 0.2) is 42.5 Å². The Hall–Kier alpha value is -2.61. The molecule has 2 aliphatic carbocycles. The van der Waals surface area contributed by atoms with Crippen LogP contribution in [0.25, 0.3) is 0 Å². The average Bonchev–Trinajstić information content (AvgIpc) is 3.20. The predicted molar refractivity (Wildman–Crippen MR) is 126 cm³/mol. The first-order valence-corrected chi connectivity index (χ1v) is 12.2. The SMILES string of the molecule is CO[C@@]12CC[C@H](N[C@H](Cc3ccccc3)C(=O)O)[C@@H]3Oc4c(O)ccc5c4[C@@]31CCN(C)[C@@H]2C5. The molecule has 3 N–H and O–H groups in total. The normalized spacial score (nSPS) is 34.2. The second-order valence-corrected chi connectivity index (χ2v) is 10.4. The smallest absolute Gasteiger partial charge is 0.321 e. The first-order chi connectivity index (χ1) is 16.4. The lowest BCUT2D eigenvalue weighted by molar-refractivity contribution is -0.204. The number of ether oxygens (including phenoxy) is 2. The number of aliphatic carboxylic acids is 1. The molecule has 0 radical (unpaired) electrons. The highest BCUT2D eigenvalue weighted by Crippen LogP contribution is 2.66. The summed E-state index contributed by atoms with van der Waals surface area (Å²) in [6.45, 7) is 0.906. The summed E-state index contributed by atoms with van der Waals surface area (Å²) in [6, 6.07) is 12.8. The van der Waals surface area contributed by atoms with Crippen LogP contribution in [-0.2, 0) is 27.8 Å². The van der Waals surface area contributed by atoms with Crippen LogP contribution in [-0.4, -0.2) is 71.6 Å². The number of hydrogen-bond donors (Lipinski definition) is 3. The zero-order chi connectivity index (χ0) is 23.7. The van der Waals surface area contributed by atoms with Crippen molar-refractivity contribution in [3.8, 4) is 11.5 Å². The molecule has 1 spiro atoms. The van der Waals surface area contributed by atoms with Crippen molar-refractivity contribution >= 4 is 5.97 Å². The number of piperidine rings is 1. The number of nitrogens with one attached hydrogen (secondary N) is 1. The number of likely N-dealkylation sites (N-methyl/N-ethyl adjacent to an activating group) is 1. The van der Waals surface area contributed by atoms with Gasteiger partial charge in [-0.2, -0.15) is 0 Å². The molecule has 1 saturated heterocycles. The number of likely N-dealkylation sites (tertiary alicyclic amines) is 1. The highest BCUT2D eigenvalue weighted by Gasteiger charge is 2.73. The van der Waals surface area contributed by atoms with Crippen molar-refractivity contribution in [2.45, 2.75) is 67.3 Å². The molecule has 6 atom stereocenters. The Balaban J connectivity index is 1.42. The first kappa shape index (κ1) is 21.9. The molecular formula is C27H32N2O5. The molecule has 0 aromatic heterocycles. The fourth-order valence-electron chi connectivity index (χ4n) is 7.64. The molecule has 1 saturated carbocycles. The number of hydrogen-bond acceptors (Lipinski definition) is 6. The number of methoxy groups -OCH3 is 1. The summed E-state index contributed by atoms with van der Waals surface area (Å²) in [4.78, 5) is 14.7. The number of aromatic hydroxyl groups is 1. The number of phenolic OH excluding ortho intramolecular Hbond substituents is 1. The zero-order valence-corrected chi connectivity index (χ0v) is 19.7. The van der Waals surface area contributed by atoms with E-state index in [1.54, 1.807) is 13.2 Å². The number of phenols is 1. The van der Waals surface area contributed by atoms with Crippen molar-refractivity contribution in [3.63, 3.8) is 0 Å². The van der Waals surface area contributed by atoms with Crippen molar-refractivity contribution < 1.29 is 24.5 Å². The zero-order valence-electron chi connectivity index (χ0n) is 19.7. The van der Waals surface area contributed by atoms with Crippen molar-refractivity contribution in [1.29, 1.82) is 0 Å². The van der Waals surface area contributed by atoms with Gasteiger partial charge in [-0.15, -0.1) is 0 Å². The first-order valence-electron chi connectivity index (χ1n) is 12.2. The molecule has 34 heavy (non-hydrogen) atoms. The minimum atomic E-state index is -0.867. The lowest BCUT2D eigenvalue weighted by Crippen LogP contribution is -2.78. The molecule has 180 valence electrons. The minimum Gasteiger partial charge on any atom is -0.504 e. The average molecular weight is 465 g/mol. The summed E-state index contributed by atoms with van der Waals surface area (Å²) in [5, 5.41) is 24.3. The second-order valence-electron chi connectivity index (χ2n) is 10.4. The Labute approximate surface area is 199 Å². The Morgan fingerprint density at radius 2 is 2.06 bits per heavy atom. The summed E-state index contributed by atoms with van der Waals surface area (Å²) >= 11 is 0. The van der Waals surface area contributed by atoms with Crippen LogP contribution in [0.2, 0.25) is 0 Å². The maximum Gasteiger partial charge on any atom is 0.321 e. The van der Waals surface area contributed by atoms with Gasteiger partial charge in [0.15, 0.2) is 11.5 Å². The molecule has 2 aliphatic heterocycles. The Kier molecular flexibility index (Phi) is 4.96. The standard InChI is InChI=1S/C27H32N2O5/c1-29-13-12-26-22-17-8-9-20(30)23(22)34-24(26)18(10-11-27(26,33-2)21(29)15-17)28-19(25(31)32)14-16-6-4-3-5-7-16/h3-9,18-19,21,24,28,30H,10-15H2,1-2H3,(H,31,32)/t18-,19+,21+,24-,26-,27+/m0/s1. The van der Waals surface area contributed by atoms with Gasteiger partial charge in [-0.25, -0.2) is 0 Å². The van der Waals surface area contributed by atoms with Gasteiger partial charge in [-0.3, -0.25) is 10.1 Å². The molecule has 2 bridgehead atoms. The molecule has 0 amide bonds. The van der Waals surface area contributed by atoms with Gasteiger partial charge in [0.2, 0.25) is 0 Å². The van der Waals surface area contributed by atoms with Gasteiger partial charge in [0.1, 0.15) is 12.1 Å². The van der Waals surface area contributed by atoms with E-state index in [0.717, 1.165) is 43.4 Å². The quantitative estimate of drug-likeness (QED) is 0.605. The fraction of sp³-hybridized carbons (Fsp3) is 0.519. The minimum absolute atomic E-state index is 0.155. The molecule has 6 rings (SSSR count). The summed E-state index contributed by atoms with van der Waals surface area (Å²) in [7, 11) is 3.97. The molecule has 4 aliphatic rings. The highest BCUT2D eigenvalue weighted by molar-refractivity contribution is 5.74. The summed E-state index contributed by atoms with van der Waals surface area (Å²) in [5.41, 5.74) is 2.42. The molecular weight excluding hydrogens is 432 g/mol. The van der Waals surface area contributed by atoms with Crippen LogP contribution < -0.4 is 10.1 Å². The third-order valence-corrected chi connectivity index (χ3v) is 9.05. The number of carboxylic acids is 1. The maximum atomic E-state index is 12.3. The largest absolute Gasteiger partial charge is 0.504 e. The van der Waals surface area contributed by atoms with E-state index < -0.39 is 23.0 Å². The number of nitrogens with zero attached hydrogens (tertiary/aromatic N) is 1. The van der Waals surface area contributed by atoms with E-state index in [0.29, 0.717) is 12.2 Å². The highest BCUT2D eigenvalue weighted by atomic mass is 16.5. The Morgan fingerprint density at radius 3 is 2.79 bits per heavy atom. The third-order valence-electron chi connectivity index (χ3n) is 9.05. The molecule has 7 nitrogen and oxygen atoms in total. The fourth-order valence-corrected chi connectivity index (χ4v) is 7.64. The van der Waals surface area contributed by atoms with Crippen molar-refractivity contribution in [3.05, 3.63) is 59.2 Å². The van der Waals surface area contributed by atoms with Crippen molar-refractivity contribution in [2.75, 3.05) is 20.7 Å². The van der Waals surface area contributed by atoms with Gasteiger partial charge in [0, 0.05) is 24.8 Å². The predicted octanol–water partition coefficient (Wildman–Crippen LogP) is 2.48. The molecule has 2 aromatic rings. The van der Waals surface area contributed by atoms with Crippen LogP contribution in [0.4, 0.5) is 0 Å². The van der Waals surface area contributed by atoms with Crippen LogP contribution in [0.5, 0.6) is 11.5 Å². The molecule has 0 unspecified atom stereocenters. The van der Waals surface area contributed by atoms with E-state index in [9.17, 15) is 15.0 Å². The molecule has 7 heteroatoms. The number of rotatable bonds is 6. The maximum absolute atomic E-state index is 12.3. The second kappa shape index (κ2) is 7.70. The van der Waals surface area contributed by atoms with E-state index in [1.807, 2.05) is 36.4 Å². The monoisotopic (exact) mass is 464 g/mol. The third kappa shape index (κ3) is 2.78. The van der Waals surface area contributed by atoms with Gasteiger partial charge in [-0.05, 0) is 62.9 Å². The Bertz CT molecular complexity index is 1120. The van der Waals surface area contributed by atoms with E-state index in [4.69, 9.17) is 9.47 Å². The lowest BCUT2D eigenvalue weighted by Gasteiger charge is -2.65. The van der Waals surface area contributed by atoms with Crippen LogP contribution in [0.1, 0.15) is 36.0 Å². The number of carboxylic acid groups (broad SMARTS) is 1. The van der Waals surface area contributed by atoms with Gasteiger partial charge in [0.05, 0.1) is 11.0 Å². The molecule has 2 fully saturated rings. The van der Waals surface area contributed by atoms with E-state index in [2.05, 4.69) is 17.3 Å². The number of benzene rings is 2. The number of carbonyl (C=O) groups is 1. The summed E-state index contributed by atoms with van der Waals surface area (Å²) < 4.78 is 13.1. The van der Waals surface area contributed by atoms with E-state index in [-0.39, 0.29) is 23.9 Å². The van der Waals surface area contributed by atoms with Gasteiger partial charge < -0.3 is 24.6 Å². The van der Waals surface area contributed by atoms with E-state index >= 15 is 0 Å². The van der Waals surface area contributed by atoms with E-state index in [1.165, 1.54) is 5.56 Å². The molecule has 2 aromatic carbocycles. The Morgan fingerprint density at radius 1 is 1.26 bits per heavy atom. The van der Waals surface area contributed by atoms with Gasteiger partial charge in [-0.1, -0.05) is 36.4 Å². The van der Waals surface area contributed by atoms with Crippen molar-refractivity contribution in [1.82, 2.24) is 10.2 Å². The van der Waals surface area contributed by atoms with Gasteiger partial charge in [0.25, 0.3) is 0 Å².